The van der Waals surface area contributed by atoms with Gasteiger partial charge in [-0.05, 0) is 49.4 Å². The summed E-state index contributed by atoms with van der Waals surface area (Å²) in [5.41, 5.74) is 1.80. The zero-order valence-electron chi connectivity index (χ0n) is 10.3. The van der Waals surface area contributed by atoms with Gasteiger partial charge in [0.05, 0.1) is 0 Å². The quantitative estimate of drug-likeness (QED) is 0.922. The van der Waals surface area contributed by atoms with Crippen LogP contribution in [0.4, 0.5) is 0 Å². The molecule has 0 amide bonds. The fourth-order valence-corrected chi connectivity index (χ4v) is 2.90. The van der Waals surface area contributed by atoms with Gasteiger partial charge < -0.3 is 10.1 Å². The molecular weight excluding hydrogens is 278 g/mol. The lowest BCUT2D eigenvalue weighted by Gasteiger charge is -2.37. The smallest absolute Gasteiger partial charge is 0.0471 e. The third-order valence-electron chi connectivity index (χ3n) is 3.60. The van der Waals surface area contributed by atoms with Crippen molar-refractivity contribution in [1.29, 1.82) is 0 Å². The minimum absolute atomic E-state index is 0.376. The van der Waals surface area contributed by atoms with Crippen molar-refractivity contribution in [2.45, 2.75) is 19.3 Å². The van der Waals surface area contributed by atoms with Crippen LogP contribution in [0.25, 0.3) is 0 Å². The minimum atomic E-state index is 0.376. The Morgan fingerprint density at radius 1 is 1.24 bits per heavy atom. The normalized spacial score (nSPS) is 19.2. The molecule has 2 nitrogen and oxygen atoms in total. The molecule has 0 atom stereocenters. The van der Waals surface area contributed by atoms with Crippen molar-refractivity contribution in [1.82, 2.24) is 5.32 Å². The lowest BCUT2D eigenvalue weighted by atomic mass is 9.75. The SMILES string of the molecule is CNCC1(Cc2ccc(Br)cc2)CCOCC1. The zero-order chi connectivity index (χ0) is 12.1. The first kappa shape index (κ1) is 13.1. The average molecular weight is 298 g/mol. The molecule has 1 aliphatic heterocycles. The van der Waals surface area contributed by atoms with Gasteiger partial charge >= 0.3 is 0 Å². The Morgan fingerprint density at radius 2 is 1.88 bits per heavy atom. The molecule has 3 heteroatoms. The van der Waals surface area contributed by atoms with Gasteiger partial charge in [-0.3, -0.25) is 0 Å². The van der Waals surface area contributed by atoms with Crippen molar-refractivity contribution >= 4 is 15.9 Å². The van der Waals surface area contributed by atoms with Crippen LogP contribution in [0.5, 0.6) is 0 Å². The molecule has 1 saturated heterocycles. The zero-order valence-corrected chi connectivity index (χ0v) is 11.9. The average Bonchev–Trinajstić information content (AvgIpc) is 2.34. The molecular formula is C14H20BrNO. The summed E-state index contributed by atoms with van der Waals surface area (Å²) in [7, 11) is 2.04. The summed E-state index contributed by atoms with van der Waals surface area (Å²) in [4.78, 5) is 0. The van der Waals surface area contributed by atoms with Gasteiger partial charge in [0.25, 0.3) is 0 Å². The summed E-state index contributed by atoms with van der Waals surface area (Å²) in [6, 6.07) is 8.69. The Morgan fingerprint density at radius 3 is 2.47 bits per heavy atom. The first-order valence-electron chi connectivity index (χ1n) is 6.21. The predicted octanol–water partition coefficient (Wildman–Crippen LogP) is 3.01. The second kappa shape index (κ2) is 5.98. The Labute approximate surface area is 112 Å². The Bertz CT molecular complexity index is 338. The highest BCUT2D eigenvalue weighted by atomic mass is 79.9. The number of nitrogens with one attached hydrogen (secondary N) is 1. The molecule has 1 fully saturated rings. The summed E-state index contributed by atoms with van der Waals surface area (Å²) in [5, 5.41) is 3.35. The summed E-state index contributed by atoms with van der Waals surface area (Å²) >= 11 is 3.48. The van der Waals surface area contributed by atoms with E-state index in [1.54, 1.807) is 0 Å². The molecule has 0 aromatic heterocycles. The van der Waals surface area contributed by atoms with Gasteiger partial charge in [-0.15, -0.1) is 0 Å². The summed E-state index contributed by atoms with van der Waals surface area (Å²) in [5.74, 6) is 0. The first-order chi connectivity index (χ1) is 8.24. The van der Waals surface area contributed by atoms with Crippen molar-refractivity contribution in [3.05, 3.63) is 34.3 Å². The molecule has 0 aliphatic carbocycles. The molecule has 0 bridgehead atoms. The van der Waals surface area contributed by atoms with E-state index in [0.29, 0.717) is 5.41 Å². The summed E-state index contributed by atoms with van der Waals surface area (Å²) in [6.07, 6.45) is 3.46. The van der Waals surface area contributed by atoms with Gasteiger partial charge in [0, 0.05) is 24.2 Å². The third kappa shape index (κ3) is 3.54. The molecule has 1 heterocycles. The van der Waals surface area contributed by atoms with Crippen molar-refractivity contribution < 1.29 is 4.74 Å². The highest BCUT2D eigenvalue weighted by Gasteiger charge is 2.31. The Kier molecular flexibility index (Phi) is 4.60. The monoisotopic (exact) mass is 297 g/mol. The number of hydrogen-bond acceptors (Lipinski definition) is 2. The molecule has 1 aromatic rings. The first-order valence-corrected chi connectivity index (χ1v) is 7.00. The maximum atomic E-state index is 5.49. The maximum absolute atomic E-state index is 5.49. The number of ether oxygens (including phenoxy) is 1. The van der Waals surface area contributed by atoms with E-state index in [-0.39, 0.29) is 0 Å². The molecule has 0 saturated carbocycles. The molecule has 1 aliphatic rings. The second-order valence-corrected chi connectivity index (χ2v) is 5.86. The van der Waals surface area contributed by atoms with E-state index in [1.165, 1.54) is 5.56 Å². The van der Waals surface area contributed by atoms with Gasteiger partial charge in [-0.2, -0.15) is 0 Å². The van der Waals surface area contributed by atoms with Crippen LogP contribution in [0.15, 0.2) is 28.7 Å². The standard InChI is InChI=1S/C14H20BrNO/c1-16-11-14(6-8-17-9-7-14)10-12-2-4-13(15)5-3-12/h2-5,16H,6-11H2,1H3. The van der Waals surface area contributed by atoms with Crippen molar-refractivity contribution in [2.75, 3.05) is 26.8 Å². The fraction of sp³-hybridized carbons (Fsp3) is 0.571. The fourth-order valence-electron chi connectivity index (χ4n) is 2.63. The number of benzene rings is 1. The van der Waals surface area contributed by atoms with Crippen LogP contribution in [0.3, 0.4) is 0 Å². The molecule has 0 spiro atoms. The van der Waals surface area contributed by atoms with E-state index in [9.17, 15) is 0 Å². The largest absolute Gasteiger partial charge is 0.381 e. The Hall–Kier alpha value is -0.380. The van der Waals surface area contributed by atoms with E-state index >= 15 is 0 Å². The van der Waals surface area contributed by atoms with Crippen molar-refractivity contribution in [2.24, 2.45) is 5.41 Å². The van der Waals surface area contributed by atoms with E-state index < -0.39 is 0 Å². The van der Waals surface area contributed by atoms with Gasteiger partial charge in [-0.1, -0.05) is 28.1 Å². The maximum Gasteiger partial charge on any atom is 0.0471 e. The third-order valence-corrected chi connectivity index (χ3v) is 4.13. The van der Waals surface area contributed by atoms with E-state index in [2.05, 4.69) is 45.5 Å². The molecule has 0 unspecified atom stereocenters. The van der Waals surface area contributed by atoms with Crippen LogP contribution in [0.1, 0.15) is 18.4 Å². The van der Waals surface area contributed by atoms with Gasteiger partial charge in [0.15, 0.2) is 0 Å². The topological polar surface area (TPSA) is 21.3 Å². The van der Waals surface area contributed by atoms with Crippen LogP contribution >= 0.6 is 15.9 Å². The van der Waals surface area contributed by atoms with E-state index in [0.717, 1.165) is 43.5 Å². The van der Waals surface area contributed by atoms with Crippen molar-refractivity contribution in [3.63, 3.8) is 0 Å². The van der Waals surface area contributed by atoms with Gasteiger partial charge in [0.1, 0.15) is 0 Å². The second-order valence-electron chi connectivity index (χ2n) is 4.95. The minimum Gasteiger partial charge on any atom is -0.381 e. The number of rotatable bonds is 4. The van der Waals surface area contributed by atoms with Crippen LogP contribution in [0.2, 0.25) is 0 Å². The highest BCUT2D eigenvalue weighted by molar-refractivity contribution is 9.10. The van der Waals surface area contributed by atoms with Gasteiger partial charge in [0.2, 0.25) is 0 Å². The van der Waals surface area contributed by atoms with Crippen LogP contribution < -0.4 is 5.32 Å². The number of hydrogen-bond donors (Lipinski definition) is 1. The van der Waals surface area contributed by atoms with Crippen LogP contribution in [-0.4, -0.2) is 26.8 Å². The van der Waals surface area contributed by atoms with E-state index in [4.69, 9.17) is 4.74 Å². The molecule has 1 aromatic carbocycles. The lowest BCUT2D eigenvalue weighted by Crippen LogP contribution is -2.39. The molecule has 2 rings (SSSR count). The van der Waals surface area contributed by atoms with E-state index in [1.807, 2.05) is 7.05 Å². The molecule has 0 radical (unpaired) electrons. The molecule has 17 heavy (non-hydrogen) atoms. The number of halogens is 1. The lowest BCUT2D eigenvalue weighted by molar-refractivity contribution is 0.0158. The summed E-state index contributed by atoms with van der Waals surface area (Å²) < 4.78 is 6.64. The predicted molar refractivity (Wildman–Crippen MR) is 74.3 cm³/mol. The molecule has 1 N–H and O–H groups in total. The Balaban J connectivity index is 2.08. The van der Waals surface area contributed by atoms with Crippen LogP contribution in [0, 0.1) is 5.41 Å². The van der Waals surface area contributed by atoms with Crippen molar-refractivity contribution in [3.8, 4) is 0 Å². The van der Waals surface area contributed by atoms with Gasteiger partial charge in [-0.25, -0.2) is 0 Å². The molecule has 94 valence electrons. The van der Waals surface area contributed by atoms with Crippen LogP contribution in [-0.2, 0) is 11.2 Å². The highest BCUT2D eigenvalue weighted by Crippen LogP contribution is 2.33. The summed E-state index contributed by atoms with van der Waals surface area (Å²) in [6.45, 7) is 2.88.